The van der Waals surface area contributed by atoms with Gasteiger partial charge in [0.2, 0.25) is 10.0 Å². The van der Waals surface area contributed by atoms with E-state index in [4.69, 9.17) is 4.74 Å². The predicted molar refractivity (Wildman–Crippen MR) is 110 cm³/mol. The van der Waals surface area contributed by atoms with Gasteiger partial charge in [-0.15, -0.1) is 0 Å². The van der Waals surface area contributed by atoms with E-state index >= 15 is 0 Å². The highest BCUT2D eigenvalue weighted by atomic mass is 32.2. The number of piperazine rings is 1. The van der Waals surface area contributed by atoms with Crippen molar-refractivity contribution in [3.63, 3.8) is 0 Å². The number of sulfonamides is 1. The normalized spacial score (nSPS) is 15.1. The summed E-state index contributed by atoms with van der Waals surface area (Å²) in [4.78, 5) is 24.7. The van der Waals surface area contributed by atoms with E-state index in [2.05, 4.69) is 0 Å². The third-order valence-corrected chi connectivity index (χ3v) is 7.01. The van der Waals surface area contributed by atoms with Crippen molar-refractivity contribution < 1.29 is 22.9 Å². The van der Waals surface area contributed by atoms with Gasteiger partial charge in [0.15, 0.2) is 12.4 Å². The average Bonchev–Trinajstić information content (AvgIpc) is 2.72. The SMILES string of the molecule is Cc1ccc(S(=O)(=O)N2CCN(C(=O)COc3ccccc3[N+](=O)[O-])CC2)c(C)c1. The topological polar surface area (TPSA) is 110 Å². The number of aryl methyl sites for hydroxylation is 2. The fraction of sp³-hybridized carbons (Fsp3) is 0.350. The molecule has 30 heavy (non-hydrogen) atoms. The Bertz CT molecular complexity index is 1060. The quantitative estimate of drug-likeness (QED) is 0.510. The maximum atomic E-state index is 12.9. The second kappa shape index (κ2) is 8.80. The van der Waals surface area contributed by atoms with Gasteiger partial charge in [0.05, 0.1) is 9.82 Å². The van der Waals surface area contributed by atoms with Crippen LogP contribution < -0.4 is 4.74 Å². The molecule has 0 saturated carbocycles. The van der Waals surface area contributed by atoms with Gasteiger partial charge in [0.25, 0.3) is 5.91 Å². The third kappa shape index (κ3) is 4.60. The zero-order chi connectivity index (χ0) is 21.9. The molecule has 160 valence electrons. The first-order valence-electron chi connectivity index (χ1n) is 9.41. The minimum absolute atomic E-state index is 0.0203. The van der Waals surface area contributed by atoms with Crippen molar-refractivity contribution >= 4 is 21.6 Å². The molecule has 1 amide bonds. The molecule has 2 aromatic rings. The maximum absolute atomic E-state index is 12.9. The standard InChI is InChI=1S/C20H23N3O6S/c1-15-7-8-19(16(2)13-15)30(27,28)22-11-9-21(10-12-22)20(24)14-29-18-6-4-3-5-17(18)23(25)26/h3-8,13H,9-12,14H2,1-2H3. The summed E-state index contributed by atoms with van der Waals surface area (Å²) >= 11 is 0. The summed E-state index contributed by atoms with van der Waals surface area (Å²) < 4.78 is 32.6. The summed E-state index contributed by atoms with van der Waals surface area (Å²) in [7, 11) is -3.64. The van der Waals surface area contributed by atoms with Crippen LogP contribution in [0.1, 0.15) is 11.1 Å². The molecule has 0 aliphatic carbocycles. The fourth-order valence-corrected chi connectivity index (χ4v) is 4.99. The minimum atomic E-state index is -3.64. The number of carbonyl (C=O) groups is 1. The summed E-state index contributed by atoms with van der Waals surface area (Å²) in [5.74, 6) is -0.330. The van der Waals surface area contributed by atoms with Crippen LogP contribution in [-0.2, 0) is 14.8 Å². The molecule has 1 fully saturated rings. The Balaban J connectivity index is 1.60. The molecule has 0 radical (unpaired) electrons. The van der Waals surface area contributed by atoms with Crippen LogP contribution in [0, 0.1) is 24.0 Å². The second-order valence-electron chi connectivity index (χ2n) is 7.07. The average molecular weight is 433 g/mol. The Morgan fingerprint density at radius 1 is 1.10 bits per heavy atom. The molecule has 1 heterocycles. The Morgan fingerprint density at radius 2 is 1.77 bits per heavy atom. The van der Waals surface area contributed by atoms with Crippen molar-refractivity contribution in [3.8, 4) is 5.75 Å². The Hall–Kier alpha value is -2.98. The number of rotatable bonds is 6. The van der Waals surface area contributed by atoms with E-state index in [0.29, 0.717) is 5.56 Å². The van der Waals surface area contributed by atoms with Crippen molar-refractivity contribution in [2.45, 2.75) is 18.7 Å². The van der Waals surface area contributed by atoms with Crippen molar-refractivity contribution in [1.29, 1.82) is 0 Å². The molecule has 10 heteroatoms. The van der Waals surface area contributed by atoms with Gasteiger partial charge >= 0.3 is 5.69 Å². The van der Waals surface area contributed by atoms with Gasteiger partial charge in [-0.1, -0.05) is 29.8 Å². The van der Waals surface area contributed by atoms with Crippen LogP contribution in [0.25, 0.3) is 0 Å². The monoisotopic (exact) mass is 433 g/mol. The third-order valence-electron chi connectivity index (χ3n) is 4.95. The van der Waals surface area contributed by atoms with Crippen LogP contribution >= 0.6 is 0 Å². The maximum Gasteiger partial charge on any atom is 0.310 e. The number of benzene rings is 2. The molecule has 9 nitrogen and oxygen atoms in total. The molecule has 0 bridgehead atoms. The van der Waals surface area contributed by atoms with Gasteiger partial charge in [0, 0.05) is 32.2 Å². The van der Waals surface area contributed by atoms with E-state index in [-0.39, 0.29) is 55.0 Å². The molecular formula is C20H23N3O6S. The highest BCUT2D eigenvalue weighted by Crippen LogP contribution is 2.26. The summed E-state index contributed by atoms with van der Waals surface area (Å²) in [6.07, 6.45) is 0. The first-order chi connectivity index (χ1) is 14.2. The van der Waals surface area contributed by atoms with Crippen LogP contribution in [0.5, 0.6) is 5.75 Å². The lowest BCUT2D eigenvalue weighted by atomic mass is 10.2. The number of nitro groups is 1. The van der Waals surface area contributed by atoms with Crippen LogP contribution in [0.15, 0.2) is 47.4 Å². The van der Waals surface area contributed by atoms with Gasteiger partial charge in [-0.3, -0.25) is 14.9 Å². The first-order valence-corrected chi connectivity index (χ1v) is 10.9. The highest BCUT2D eigenvalue weighted by Gasteiger charge is 2.31. The van der Waals surface area contributed by atoms with E-state index in [9.17, 15) is 23.3 Å². The van der Waals surface area contributed by atoms with Crippen LogP contribution in [0.4, 0.5) is 5.69 Å². The summed E-state index contributed by atoms with van der Waals surface area (Å²) in [5.41, 5.74) is 1.46. The molecule has 3 rings (SSSR count). The molecule has 0 spiro atoms. The van der Waals surface area contributed by atoms with Crippen molar-refractivity contribution in [2.24, 2.45) is 0 Å². The number of nitro benzene ring substituents is 1. The van der Waals surface area contributed by atoms with Crippen LogP contribution in [-0.4, -0.2) is 61.2 Å². The molecule has 0 N–H and O–H groups in total. The molecule has 1 aliphatic heterocycles. The van der Waals surface area contributed by atoms with Gasteiger partial charge in [-0.05, 0) is 31.5 Å². The smallest absolute Gasteiger partial charge is 0.310 e. The molecular weight excluding hydrogens is 410 g/mol. The number of carbonyl (C=O) groups excluding carboxylic acids is 1. The zero-order valence-electron chi connectivity index (χ0n) is 16.8. The molecule has 1 aliphatic rings. The number of ether oxygens (including phenoxy) is 1. The van der Waals surface area contributed by atoms with Crippen molar-refractivity contribution in [1.82, 2.24) is 9.21 Å². The predicted octanol–water partition coefficient (Wildman–Crippen LogP) is 2.12. The van der Waals surface area contributed by atoms with Crippen molar-refractivity contribution in [3.05, 3.63) is 63.7 Å². The summed E-state index contributed by atoms with van der Waals surface area (Å²) in [6, 6.07) is 11.0. The number of nitrogens with zero attached hydrogens (tertiary/aromatic N) is 3. The first kappa shape index (κ1) is 21.7. The Kier molecular flexibility index (Phi) is 6.37. The summed E-state index contributed by atoms with van der Waals surface area (Å²) in [5, 5.41) is 11.0. The molecule has 0 unspecified atom stereocenters. The lowest BCUT2D eigenvalue weighted by molar-refractivity contribution is -0.385. The summed E-state index contributed by atoms with van der Waals surface area (Å²) in [6.45, 7) is 4.11. The number of amides is 1. The molecule has 0 atom stereocenters. The largest absolute Gasteiger partial charge is 0.477 e. The Morgan fingerprint density at radius 3 is 2.40 bits per heavy atom. The van der Waals surface area contributed by atoms with E-state index in [1.54, 1.807) is 25.1 Å². The van der Waals surface area contributed by atoms with Crippen LogP contribution in [0.3, 0.4) is 0 Å². The highest BCUT2D eigenvalue weighted by molar-refractivity contribution is 7.89. The lowest BCUT2D eigenvalue weighted by Gasteiger charge is -2.34. The van der Waals surface area contributed by atoms with E-state index in [0.717, 1.165) is 5.56 Å². The molecule has 0 aromatic heterocycles. The van der Waals surface area contributed by atoms with Crippen LogP contribution in [0.2, 0.25) is 0 Å². The minimum Gasteiger partial charge on any atom is -0.477 e. The van der Waals surface area contributed by atoms with Gasteiger partial charge in [-0.2, -0.15) is 4.31 Å². The van der Waals surface area contributed by atoms with Crippen molar-refractivity contribution in [2.75, 3.05) is 32.8 Å². The number of hydrogen-bond donors (Lipinski definition) is 0. The van der Waals surface area contributed by atoms with Gasteiger partial charge in [-0.25, -0.2) is 8.42 Å². The molecule has 1 saturated heterocycles. The van der Waals surface area contributed by atoms with Gasteiger partial charge < -0.3 is 9.64 Å². The number of para-hydroxylation sites is 2. The molecule has 2 aromatic carbocycles. The van der Waals surface area contributed by atoms with Gasteiger partial charge in [0.1, 0.15) is 0 Å². The Labute approximate surface area is 175 Å². The lowest BCUT2D eigenvalue weighted by Crippen LogP contribution is -2.51. The van der Waals surface area contributed by atoms with E-state index in [1.807, 2.05) is 13.0 Å². The number of hydrogen-bond acceptors (Lipinski definition) is 6. The fourth-order valence-electron chi connectivity index (χ4n) is 3.37. The second-order valence-corrected chi connectivity index (χ2v) is 8.97. The zero-order valence-corrected chi connectivity index (χ0v) is 17.6. The van der Waals surface area contributed by atoms with E-state index < -0.39 is 14.9 Å². The van der Waals surface area contributed by atoms with E-state index in [1.165, 1.54) is 27.4 Å².